The molecule has 0 heterocycles. The predicted octanol–water partition coefficient (Wildman–Crippen LogP) is 3.89. The fourth-order valence-electron chi connectivity index (χ4n) is 2.04. The average molecular weight is 259 g/mol. The number of ether oxygens (including phenoxy) is 1. The summed E-state index contributed by atoms with van der Waals surface area (Å²) in [5.74, 6) is -0.215. The van der Waals surface area contributed by atoms with Gasteiger partial charge in [-0.2, -0.15) is 0 Å². The lowest BCUT2D eigenvalue weighted by atomic mass is 10.1. The van der Waals surface area contributed by atoms with E-state index in [0.717, 1.165) is 16.7 Å². The van der Waals surface area contributed by atoms with E-state index < -0.39 is 0 Å². The molecule has 0 spiro atoms. The highest BCUT2D eigenvalue weighted by Gasteiger charge is 2.04. The number of nitrogens with one attached hydrogen (secondary N) is 1. The van der Waals surface area contributed by atoms with E-state index >= 15 is 0 Å². The SMILES string of the molecule is COCc1cccc(CNc2c(C)cccc2F)c1. The average Bonchev–Trinajstić information content (AvgIpc) is 2.39. The monoisotopic (exact) mass is 259 g/mol. The minimum Gasteiger partial charge on any atom is -0.380 e. The molecule has 0 atom stereocenters. The van der Waals surface area contributed by atoms with E-state index in [1.165, 1.54) is 6.07 Å². The van der Waals surface area contributed by atoms with Gasteiger partial charge in [-0.05, 0) is 29.7 Å². The summed E-state index contributed by atoms with van der Waals surface area (Å²) < 4.78 is 18.8. The van der Waals surface area contributed by atoms with Gasteiger partial charge in [0.1, 0.15) is 5.82 Å². The van der Waals surface area contributed by atoms with Crippen LogP contribution >= 0.6 is 0 Å². The molecule has 0 aliphatic rings. The van der Waals surface area contributed by atoms with Gasteiger partial charge in [0.2, 0.25) is 0 Å². The number of anilines is 1. The standard InChI is InChI=1S/C16H18FNO/c1-12-5-3-8-15(17)16(12)18-10-13-6-4-7-14(9-13)11-19-2/h3-9,18H,10-11H2,1-2H3. The number of rotatable bonds is 5. The Hall–Kier alpha value is -1.87. The normalized spacial score (nSPS) is 10.5. The zero-order chi connectivity index (χ0) is 13.7. The molecule has 2 nitrogen and oxygen atoms in total. The van der Waals surface area contributed by atoms with Crippen molar-refractivity contribution in [3.05, 3.63) is 65.0 Å². The van der Waals surface area contributed by atoms with Crippen LogP contribution in [-0.2, 0) is 17.9 Å². The zero-order valence-corrected chi connectivity index (χ0v) is 11.2. The molecule has 100 valence electrons. The molecule has 19 heavy (non-hydrogen) atoms. The summed E-state index contributed by atoms with van der Waals surface area (Å²) in [6.45, 7) is 3.08. The highest BCUT2D eigenvalue weighted by molar-refractivity contribution is 5.52. The van der Waals surface area contributed by atoms with Crippen LogP contribution in [0.4, 0.5) is 10.1 Å². The molecule has 0 radical (unpaired) electrons. The van der Waals surface area contributed by atoms with E-state index in [2.05, 4.69) is 11.4 Å². The van der Waals surface area contributed by atoms with Crippen LogP contribution in [0, 0.1) is 12.7 Å². The molecule has 2 aromatic carbocycles. The molecular formula is C16H18FNO. The van der Waals surface area contributed by atoms with Crippen LogP contribution in [-0.4, -0.2) is 7.11 Å². The topological polar surface area (TPSA) is 21.3 Å². The Bertz CT molecular complexity index is 534. The molecule has 2 aromatic rings. The molecule has 0 unspecified atom stereocenters. The molecule has 2 rings (SSSR count). The quantitative estimate of drug-likeness (QED) is 0.879. The second-order valence-corrected chi connectivity index (χ2v) is 4.54. The number of aryl methyl sites for hydroxylation is 1. The van der Waals surface area contributed by atoms with Crippen molar-refractivity contribution in [2.24, 2.45) is 0 Å². The molecule has 0 aromatic heterocycles. The number of hydrogen-bond acceptors (Lipinski definition) is 2. The van der Waals surface area contributed by atoms with Gasteiger partial charge >= 0.3 is 0 Å². The molecule has 0 amide bonds. The van der Waals surface area contributed by atoms with Crippen LogP contribution in [0.5, 0.6) is 0 Å². The molecular weight excluding hydrogens is 241 g/mol. The van der Waals surface area contributed by atoms with Gasteiger partial charge in [0.05, 0.1) is 12.3 Å². The molecule has 3 heteroatoms. The van der Waals surface area contributed by atoms with Gasteiger partial charge in [-0.15, -0.1) is 0 Å². The van der Waals surface area contributed by atoms with E-state index in [4.69, 9.17) is 4.74 Å². The summed E-state index contributed by atoms with van der Waals surface area (Å²) in [4.78, 5) is 0. The fraction of sp³-hybridized carbons (Fsp3) is 0.250. The van der Waals surface area contributed by atoms with E-state index in [1.54, 1.807) is 13.2 Å². The highest BCUT2D eigenvalue weighted by Crippen LogP contribution is 2.19. The molecule has 0 saturated carbocycles. The van der Waals surface area contributed by atoms with Crippen molar-refractivity contribution < 1.29 is 9.13 Å². The number of halogens is 1. The maximum Gasteiger partial charge on any atom is 0.146 e. The van der Waals surface area contributed by atoms with Crippen molar-refractivity contribution in [2.75, 3.05) is 12.4 Å². The third-order valence-electron chi connectivity index (χ3n) is 2.99. The van der Waals surface area contributed by atoms with Gasteiger partial charge in [-0.3, -0.25) is 0 Å². The van der Waals surface area contributed by atoms with Gasteiger partial charge in [-0.1, -0.05) is 36.4 Å². The van der Waals surface area contributed by atoms with Crippen LogP contribution in [0.3, 0.4) is 0 Å². The van der Waals surface area contributed by atoms with E-state index in [1.807, 2.05) is 31.2 Å². The summed E-state index contributed by atoms with van der Waals surface area (Å²) >= 11 is 0. The van der Waals surface area contributed by atoms with Crippen molar-refractivity contribution in [3.63, 3.8) is 0 Å². The number of methoxy groups -OCH3 is 1. The van der Waals surface area contributed by atoms with Crippen molar-refractivity contribution in [3.8, 4) is 0 Å². The van der Waals surface area contributed by atoms with Gasteiger partial charge in [0.15, 0.2) is 0 Å². The Morgan fingerprint density at radius 3 is 2.58 bits per heavy atom. The lowest BCUT2D eigenvalue weighted by Crippen LogP contribution is -2.03. The first-order chi connectivity index (χ1) is 9.20. The maximum absolute atomic E-state index is 13.7. The first kappa shape index (κ1) is 13.6. The maximum atomic E-state index is 13.7. The van der Waals surface area contributed by atoms with E-state index in [9.17, 15) is 4.39 Å². The third-order valence-corrected chi connectivity index (χ3v) is 2.99. The highest BCUT2D eigenvalue weighted by atomic mass is 19.1. The van der Waals surface area contributed by atoms with Crippen molar-refractivity contribution in [1.82, 2.24) is 0 Å². The summed E-state index contributed by atoms with van der Waals surface area (Å²) in [5.41, 5.74) is 3.71. The van der Waals surface area contributed by atoms with Crippen LogP contribution in [0.15, 0.2) is 42.5 Å². The summed E-state index contributed by atoms with van der Waals surface area (Å²) in [7, 11) is 1.67. The first-order valence-corrected chi connectivity index (χ1v) is 6.26. The lowest BCUT2D eigenvalue weighted by molar-refractivity contribution is 0.185. The van der Waals surface area contributed by atoms with E-state index in [-0.39, 0.29) is 5.82 Å². The van der Waals surface area contributed by atoms with Crippen LogP contribution in [0.1, 0.15) is 16.7 Å². The van der Waals surface area contributed by atoms with Crippen molar-refractivity contribution >= 4 is 5.69 Å². The molecule has 1 N–H and O–H groups in total. The largest absolute Gasteiger partial charge is 0.380 e. The van der Waals surface area contributed by atoms with Crippen LogP contribution in [0.25, 0.3) is 0 Å². The van der Waals surface area contributed by atoms with Crippen molar-refractivity contribution in [2.45, 2.75) is 20.1 Å². The predicted molar refractivity (Wildman–Crippen MR) is 75.6 cm³/mol. The zero-order valence-electron chi connectivity index (χ0n) is 11.2. The van der Waals surface area contributed by atoms with Crippen LogP contribution < -0.4 is 5.32 Å². The summed E-state index contributed by atoms with van der Waals surface area (Å²) in [6.07, 6.45) is 0. The van der Waals surface area contributed by atoms with Crippen molar-refractivity contribution in [1.29, 1.82) is 0 Å². The lowest BCUT2D eigenvalue weighted by Gasteiger charge is -2.11. The number of para-hydroxylation sites is 1. The molecule has 0 aliphatic heterocycles. The van der Waals surface area contributed by atoms with Gasteiger partial charge < -0.3 is 10.1 Å². The van der Waals surface area contributed by atoms with Crippen LogP contribution in [0.2, 0.25) is 0 Å². The van der Waals surface area contributed by atoms with Gasteiger partial charge in [0, 0.05) is 13.7 Å². The Labute approximate surface area is 113 Å². The third kappa shape index (κ3) is 3.55. The molecule has 0 aliphatic carbocycles. The number of hydrogen-bond donors (Lipinski definition) is 1. The molecule has 0 bridgehead atoms. The minimum absolute atomic E-state index is 0.215. The second-order valence-electron chi connectivity index (χ2n) is 4.54. The summed E-state index contributed by atoms with van der Waals surface area (Å²) in [6, 6.07) is 13.2. The Kier molecular flexibility index (Phi) is 4.53. The van der Waals surface area contributed by atoms with Gasteiger partial charge in [-0.25, -0.2) is 4.39 Å². The Morgan fingerprint density at radius 2 is 1.84 bits per heavy atom. The Morgan fingerprint density at radius 1 is 1.11 bits per heavy atom. The summed E-state index contributed by atoms with van der Waals surface area (Å²) in [5, 5.41) is 3.15. The molecule has 0 fully saturated rings. The van der Waals surface area contributed by atoms with Gasteiger partial charge in [0.25, 0.3) is 0 Å². The second kappa shape index (κ2) is 6.34. The van der Waals surface area contributed by atoms with E-state index in [0.29, 0.717) is 18.8 Å². The smallest absolute Gasteiger partial charge is 0.146 e. The molecule has 0 saturated heterocycles. The number of benzene rings is 2. The fourth-order valence-corrected chi connectivity index (χ4v) is 2.04. The minimum atomic E-state index is -0.215. The Balaban J connectivity index is 2.08. The first-order valence-electron chi connectivity index (χ1n) is 6.26.